The lowest BCUT2D eigenvalue weighted by Crippen LogP contribution is -2.34. The van der Waals surface area contributed by atoms with Crippen LogP contribution in [0.3, 0.4) is 0 Å². The maximum Gasteiger partial charge on any atom is 0.158 e. The first kappa shape index (κ1) is 14.4. The normalized spacial score (nSPS) is 10.7. The molecule has 0 amide bonds. The standard InChI is InChI=1S/C12H22N6/c1-4-7-18(9-8-17(2)3)12-10(11(13)14)15-5-6-16-12/h5-6H,4,7-9H2,1-3H3,(H3,13,14). The zero-order chi connectivity index (χ0) is 13.5. The van der Waals surface area contributed by atoms with Gasteiger partial charge in [-0.05, 0) is 20.5 Å². The number of amidine groups is 1. The van der Waals surface area contributed by atoms with Crippen LogP contribution in [0.5, 0.6) is 0 Å². The fraction of sp³-hybridized carbons (Fsp3) is 0.583. The number of nitrogens with one attached hydrogen (secondary N) is 1. The predicted octanol–water partition coefficient (Wildman–Crippen LogP) is 0.539. The molecule has 3 N–H and O–H groups in total. The molecule has 0 saturated heterocycles. The molecule has 0 spiro atoms. The van der Waals surface area contributed by atoms with Gasteiger partial charge in [0.15, 0.2) is 5.82 Å². The first-order chi connectivity index (χ1) is 8.56. The molecule has 0 aliphatic carbocycles. The molecule has 0 unspecified atom stereocenters. The van der Waals surface area contributed by atoms with Crippen molar-refractivity contribution in [1.82, 2.24) is 14.9 Å². The van der Waals surface area contributed by atoms with E-state index in [-0.39, 0.29) is 5.84 Å². The zero-order valence-corrected chi connectivity index (χ0v) is 11.3. The SMILES string of the molecule is CCCN(CCN(C)C)c1nccnc1C(=N)N. The molecule has 100 valence electrons. The summed E-state index contributed by atoms with van der Waals surface area (Å²) in [5.74, 6) is 0.665. The average molecular weight is 250 g/mol. The van der Waals surface area contributed by atoms with Crippen molar-refractivity contribution in [2.75, 3.05) is 38.6 Å². The van der Waals surface area contributed by atoms with Crippen molar-refractivity contribution in [3.05, 3.63) is 18.1 Å². The second-order valence-corrected chi connectivity index (χ2v) is 4.43. The van der Waals surface area contributed by atoms with Gasteiger partial charge in [0.05, 0.1) is 0 Å². The highest BCUT2D eigenvalue weighted by Gasteiger charge is 2.15. The van der Waals surface area contributed by atoms with Crippen molar-refractivity contribution in [1.29, 1.82) is 5.41 Å². The third-order valence-corrected chi connectivity index (χ3v) is 2.54. The minimum Gasteiger partial charge on any atom is -0.382 e. The van der Waals surface area contributed by atoms with E-state index in [1.807, 2.05) is 14.1 Å². The van der Waals surface area contributed by atoms with Gasteiger partial charge >= 0.3 is 0 Å². The number of nitrogens with two attached hydrogens (primary N) is 1. The lowest BCUT2D eigenvalue weighted by Gasteiger charge is -2.26. The quantitative estimate of drug-likeness (QED) is 0.545. The molecule has 6 heteroatoms. The van der Waals surface area contributed by atoms with Gasteiger partial charge in [0.2, 0.25) is 0 Å². The Hall–Kier alpha value is -1.69. The number of hydrogen-bond acceptors (Lipinski definition) is 5. The summed E-state index contributed by atoms with van der Waals surface area (Å²) in [7, 11) is 4.07. The van der Waals surface area contributed by atoms with Crippen LogP contribution >= 0.6 is 0 Å². The van der Waals surface area contributed by atoms with Gasteiger partial charge in [-0.1, -0.05) is 6.92 Å². The number of aromatic nitrogens is 2. The Morgan fingerprint density at radius 2 is 1.89 bits per heavy atom. The van der Waals surface area contributed by atoms with Crippen LogP contribution in [-0.2, 0) is 0 Å². The first-order valence-electron chi connectivity index (χ1n) is 6.11. The van der Waals surface area contributed by atoms with E-state index in [9.17, 15) is 0 Å². The molecule has 1 aromatic heterocycles. The van der Waals surface area contributed by atoms with Gasteiger partial charge in [-0.3, -0.25) is 5.41 Å². The molecule has 0 aliphatic heterocycles. The van der Waals surface area contributed by atoms with Gasteiger partial charge in [0.1, 0.15) is 11.5 Å². The van der Waals surface area contributed by atoms with Crippen LogP contribution in [-0.4, -0.2) is 54.4 Å². The lowest BCUT2D eigenvalue weighted by atomic mass is 10.3. The first-order valence-corrected chi connectivity index (χ1v) is 6.11. The summed E-state index contributed by atoms with van der Waals surface area (Å²) in [6, 6.07) is 0. The van der Waals surface area contributed by atoms with Gasteiger partial charge in [-0.2, -0.15) is 0 Å². The number of likely N-dealkylation sites (N-methyl/N-ethyl adjacent to an activating group) is 1. The van der Waals surface area contributed by atoms with Crippen molar-refractivity contribution < 1.29 is 0 Å². The smallest absolute Gasteiger partial charge is 0.158 e. The van der Waals surface area contributed by atoms with Crippen molar-refractivity contribution in [3.8, 4) is 0 Å². The van der Waals surface area contributed by atoms with E-state index < -0.39 is 0 Å². The summed E-state index contributed by atoms with van der Waals surface area (Å²) in [6.07, 6.45) is 4.22. The van der Waals surface area contributed by atoms with Gasteiger partial charge < -0.3 is 15.5 Å². The van der Waals surface area contributed by atoms with Crippen LogP contribution in [0, 0.1) is 5.41 Å². The fourth-order valence-corrected chi connectivity index (χ4v) is 1.67. The molecule has 0 aromatic carbocycles. The van der Waals surface area contributed by atoms with E-state index in [0.29, 0.717) is 11.5 Å². The van der Waals surface area contributed by atoms with Crippen molar-refractivity contribution in [3.63, 3.8) is 0 Å². The van der Waals surface area contributed by atoms with Crippen LogP contribution in [0.15, 0.2) is 12.4 Å². The molecular weight excluding hydrogens is 228 g/mol. The van der Waals surface area contributed by atoms with Crippen LogP contribution in [0.1, 0.15) is 19.0 Å². The van der Waals surface area contributed by atoms with E-state index in [1.54, 1.807) is 12.4 Å². The lowest BCUT2D eigenvalue weighted by molar-refractivity contribution is 0.412. The highest BCUT2D eigenvalue weighted by molar-refractivity contribution is 5.97. The Kier molecular flexibility index (Phi) is 5.51. The van der Waals surface area contributed by atoms with Crippen molar-refractivity contribution >= 4 is 11.7 Å². The summed E-state index contributed by atoms with van der Waals surface area (Å²) in [5, 5.41) is 7.56. The second-order valence-electron chi connectivity index (χ2n) is 4.43. The summed E-state index contributed by atoms with van der Waals surface area (Å²) < 4.78 is 0. The molecule has 1 rings (SSSR count). The molecule has 18 heavy (non-hydrogen) atoms. The van der Waals surface area contributed by atoms with Gasteiger partial charge in [0, 0.05) is 32.0 Å². The molecular formula is C12H22N6. The summed E-state index contributed by atoms with van der Waals surface area (Å²) in [6.45, 7) is 4.77. The highest BCUT2D eigenvalue weighted by atomic mass is 15.2. The largest absolute Gasteiger partial charge is 0.382 e. The minimum absolute atomic E-state index is 0.0379. The molecule has 0 aliphatic rings. The Balaban J connectivity index is 2.93. The molecule has 0 saturated carbocycles. The molecule has 0 radical (unpaired) electrons. The van der Waals surface area contributed by atoms with Crippen molar-refractivity contribution in [2.24, 2.45) is 5.73 Å². The van der Waals surface area contributed by atoms with Gasteiger partial charge in [0.25, 0.3) is 0 Å². The number of hydrogen-bond donors (Lipinski definition) is 2. The van der Waals surface area contributed by atoms with Crippen LogP contribution in [0.25, 0.3) is 0 Å². The number of rotatable bonds is 7. The summed E-state index contributed by atoms with van der Waals surface area (Å²) >= 11 is 0. The topological polar surface area (TPSA) is 82.1 Å². The van der Waals surface area contributed by atoms with E-state index in [1.165, 1.54) is 0 Å². The van der Waals surface area contributed by atoms with Crippen LogP contribution < -0.4 is 10.6 Å². The van der Waals surface area contributed by atoms with E-state index in [2.05, 4.69) is 26.7 Å². The Morgan fingerprint density at radius 1 is 1.22 bits per heavy atom. The molecule has 0 bridgehead atoms. The summed E-state index contributed by atoms with van der Waals surface area (Å²) in [5.41, 5.74) is 6.01. The summed E-state index contributed by atoms with van der Waals surface area (Å²) in [4.78, 5) is 12.7. The van der Waals surface area contributed by atoms with Gasteiger partial charge in [-0.25, -0.2) is 9.97 Å². The third-order valence-electron chi connectivity index (χ3n) is 2.54. The molecule has 0 fully saturated rings. The Labute approximate surface area is 108 Å². The number of anilines is 1. The van der Waals surface area contributed by atoms with Crippen LogP contribution in [0.2, 0.25) is 0 Å². The van der Waals surface area contributed by atoms with Crippen molar-refractivity contribution in [2.45, 2.75) is 13.3 Å². The Bertz CT molecular complexity index is 390. The monoisotopic (exact) mass is 250 g/mol. The molecule has 6 nitrogen and oxygen atoms in total. The predicted molar refractivity (Wildman–Crippen MR) is 74.1 cm³/mol. The maximum absolute atomic E-state index is 7.56. The van der Waals surface area contributed by atoms with E-state index >= 15 is 0 Å². The molecule has 1 heterocycles. The third kappa shape index (κ3) is 3.96. The van der Waals surface area contributed by atoms with Crippen LogP contribution in [0.4, 0.5) is 5.82 Å². The van der Waals surface area contributed by atoms with Gasteiger partial charge in [-0.15, -0.1) is 0 Å². The van der Waals surface area contributed by atoms with E-state index in [4.69, 9.17) is 11.1 Å². The second kappa shape index (κ2) is 6.90. The number of nitrogens with zero attached hydrogens (tertiary/aromatic N) is 4. The number of nitrogen functional groups attached to an aromatic ring is 1. The highest BCUT2D eigenvalue weighted by Crippen LogP contribution is 2.14. The zero-order valence-electron chi connectivity index (χ0n) is 11.3. The van der Waals surface area contributed by atoms with E-state index in [0.717, 1.165) is 26.1 Å². The fourth-order valence-electron chi connectivity index (χ4n) is 1.67. The molecule has 1 aromatic rings. The molecule has 0 atom stereocenters. The minimum atomic E-state index is -0.0379. The maximum atomic E-state index is 7.56. The Morgan fingerprint density at radius 3 is 2.44 bits per heavy atom. The average Bonchev–Trinajstić information content (AvgIpc) is 2.34.